The van der Waals surface area contributed by atoms with E-state index >= 15 is 0 Å². The van der Waals surface area contributed by atoms with Gasteiger partial charge in [-0.1, -0.05) is 22.6 Å². The number of amides is 2. The highest BCUT2D eigenvalue weighted by molar-refractivity contribution is 14.1. The Labute approximate surface area is 61.5 Å². The summed E-state index contributed by atoms with van der Waals surface area (Å²) in [4.78, 5) is 13.2. The molecular formula is C4H7IN2O. The molecule has 0 aliphatic heterocycles. The van der Waals surface area contributed by atoms with Crippen LogP contribution in [0.15, 0.2) is 4.99 Å². The first kappa shape index (κ1) is 7.87. The highest BCUT2D eigenvalue weighted by Gasteiger charge is 1.79. The summed E-state index contributed by atoms with van der Waals surface area (Å²) in [6, 6.07) is -0.616. The summed E-state index contributed by atoms with van der Waals surface area (Å²) >= 11 is 2.19. The minimum atomic E-state index is -0.616. The summed E-state index contributed by atoms with van der Waals surface area (Å²) < 4.78 is 0.967. The van der Waals surface area contributed by atoms with Gasteiger partial charge in [0.1, 0.15) is 0 Å². The third-order valence-corrected chi connectivity index (χ3v) is 1.08. The summed E-state index contributed by atoms with van der Waals surface area (Å²) in [5.41, 5.74) is 4.69. The van der Waals surface area contributed by atoms with Crippen molar-refractivity contribution < 1.29 is 4.79 Å². The second-order valence-corrected chi connectivity index (χ2v) is 2.21. The van der Waals surface area contributed by atoms with Gasteiger partial charge in [-0.25, -0.2) is 9.79 Å². The molecule has 0 unspecified atom stereocenters. The van der Waals surface area contributed by atoms with Crippen LogP contribution in [0, 0.1) is 0 Å². The topological polar surface area (TPSA) is 55.5 Å². The number of nitrogens with zero attached hydrogens (tertiary/aromatic N) is 1. The van der Waals surface area contributed by atoms with E-state index in [2.05, 4.69) is 27.6 Å². The predicted octanol–water partition coefficient (Wildman–Crippen LogP) is 0.961. The highest BCUT2D eigenvalue weighted by atomic mass is 127. The first-order chi connectivity index (χ1) is 3.77. The quantitative estimate of drug-likeness (QED) is 0.425. The lowest BCUT2D eigenvalue weighted by Gasteiger charge is -1.79. The Hall–Kier alpha value is -0.130. The molecule has 0 radical (unpaired) electrons. The summed E-state index contributed by atoms with van der Waals surface area (Å²) in [7, 11) is 0. The largest absolute Gasteiger partial charge is 0.350 e. The monoisotopic (exact) mass is 226 g/mol. The van der Waals surface area contributed by atoms with Crippen molar-refractivity contribution in [1.29, 1.82) is 0 Å². The van der Waals surface area contributed by atoms with Gasteiger partial charge in [0.05, 0.1) is 0 Å². The van der Waals surface area contributed by atoms with Crippen LogP contribution in [0.1, 0.15) is 6.42 Å². The van der Waals surface area contributed by atoms with Crippen molar-refractivity contribution in [2.24, 2.45) is 10.7 Å². The Morgan fingerprint density at radius 2 is 2.50 bits per heavy atom. The van der Waals surface area contributed by atoms with E-state index in [-0.39, 0.29) is 0 Å². The van der Waals surface area contributed by atoms with Gasteiger partial charge in [-0.2, -0.15) is 0 Å². The lowest BCUT2D eigenvalue weighted by atomic mass is 10.5. The van der Waals surface area contributed by atoms with Gasteiger partial charge in [0, 0.05) is 10.6 Å². The molecular weight excluding hydrogens is 219 g/mol. The zero-order chi connectivity index (χ0) is 6.41. The lowest BCUT2D eigenvalue weighted by Crippen LogP contribution is -2.03. The SMILES string of the molecule is NC(=O)N=CCCI. The minimum Gasteiger partial charge on any atom is -0.350 e. The zero-order valence-corrected chi connectivity index (χ0v) is 6.46. The molecule has 0 bridgehead atoms. The second-order valence-electron chi connectivity index (χ2n) is 1.13. The maximum atomic E-state index is 9.90. The smallest absolute Gasteiger partial charge is 0.337 e. The summed E-state index contributed by atoms with van der Waals surface area (Å²) in [6.07, 6.45) is 2.33. The molecule has 0 aliphatic rings. The zero-order valence-electron chi connectivity index (χ0n) is 4.30. The van der Waals surface area contributed by atoms with Crippen LogP contribution in [0.5, 0.6) is 0 Å². The molecule has 0 fully saturated rings. The number of alkyl halides is 1. The Balaban J connectivity index is 3.20. The third kappa shape index (κ3) is 5.87. The van der Waals surface area contributed by atoms with Crippen molar-refractivity contribution in [3.8, 4) is 0 Å². The van der Waals surface area contributed by atoms with E-state index in [9.17, 15) is 4.79 Å². The molecule has 0 heterocycles. The average molecular weight is 226 g/mol. The second kappa shape index (κ2) is 5.02. The number of hydrogen-bond acceptors (Lipinski definition) is 1. The Bertz CT molecular complexity index is 102. The van der Waals surface area contributed by atoms with E-state index in [1.165, 1.54) is 6.21 Å². The maximum absolute atomic E-state index is 9.90. The molecule has 0 aliphatic carbocycles. The fourth-order valence-corrected chi connectivity index (χ4v) is 0.482. The lowest BCUT2D eigenvalue weighted by molar-refractivity contribution is 0.257. The standard InChI is InChI=1S/C4H7IN2O/c5-2-1-3-7-4(6)8/h3H,1-2H2,(H2,6,8). The van der Waals surface area contributed by atoms with Crippen molar-refractivity contribution in [2.75, 3.05) is 4.43 Å². The number of primary amides is 1. The number of aliphatic imine (C=N–C) groups is 1. The van der Waals surface area contributed by atoms with Gasteiger partial charge in [-0.15, -0.1) is 0 Å². The molecule has 4 heteroatoms. The predicted molar refractivity (Wildman–Crippen MR) is 41.6 cm³/mol. The highest BCUT2D eigenvalue weighted by Crippen LogP contribution is 1.83. The first-order valence-electron chi connectivity index (χ1n) is 2.15. The maximum Gasteiger partial charge on any atom is 0.337 e. The Kier molecular flexibility index (Phi) is 4.93. The number of nitrogens with two attached hydrogens (primary N) is 1. The van der Waals surface area contributed by atoms with E-state index in [0.29, 0.717) is 0 Å². The van der Waals surface area contributed by atoms with Crippen LogP contribution in [0.25, 0.3) is 0 Å². The van der Waals surface area contributed by atoms with Crippen molar-refractivity contribution in [3.05, 3.63) is 0 Å². The molecule has 0 rings (SSSR count). The molecule has 3 nitrogen and oxygen atoms in total. The molecule has 0 aromatic rings. The van der Waals surface area contributed by atoms with E-state index < -0.39 is 6.03 Å². The molecule has 0 aromatic heterocycles. The van der Waals surface area contributed by atoms with Crippen LogP contribution in [0.2, 0.25) is 0 Å². The van der Waals surface area contributed by atoms with Crippen molar-refractivity contribution in [1.82, 2.24) is 0 Å². The summed E-state index contributed by atoms with van der Waals surface area (Å²) in [5.74, 6) is 0. The van der Waals surface area contributed by atoms with Crippen LogP contribution in [0.3, 0.4) is 0 Å². The van der Waals surface area contributed by atoms with Crippen LogP contribution >= 0.6 is 22.6 Å². The molecule has 0 saturated heterocycles. The molecule has 0 aromatic carbocycles. The van der Waals surface area contributed by atoms with Gasteiger partial charge < -0.3 is 5.73 Å². The molecule has 0 spiro atoms. The van der Waals surface area contributed by atoms with Crippen LogP contribution in [-0.4, -0.2) is 16.7 Å². The van der Waals surface area contributed by atoms with E-state index in [1.807, 2.05) is 0 Å². The fraction of sp³-hybridized carbons (Fsp3) is 0.500. The normalized spacial score (nSPS) is 10.1. The fourth-order valence-electron chi connectivity index (χ4n) is 0.203. The van der Waals surface area contributed by atoms with E-state index in [0.717, 1.165) is 10.8 Å². The van der Waals surface area contributed by atoms with Crippen LogP contribution in [-0.2, 0) is 0 Å². The first-order valence-corrected chi connectivity index (χ1v) is 3.68. The Morgan fingerprint density at radius 1 is 1.88 bits per heavy atom. The van der Waals surface area contributed by atoms with Crippen LogP contribution < -0.4 is 5.73 Å². The van der Waals surface area contributed by atoms with Gasteiger partial charge in [0.25, 0.3) is 0 Å². The minimum absolute atomic E-state index is 0.616. The third-order valence-electron chi connectivity index (χ3n) is 0.457. The van der Waals surface area contributed by atoms with Gasteiger partial charge >= 0.3 is 6.03 Å². The van der Waals surface area contributed by atoms with Gasteiger partial charge in [0.15, 0.2) is 0 Å². The van der Waals surface area contributed by atoms with E-state index in [4.69, 9.17) is 5.73 Å². The average Bonchev–Trinajstić information content (AvgIpc) is 1.66. The number of urea groups is 1. The van der Waals surface area contributed by atoms with Gasteiger partial charge in [-0.05, 0) is 6.42 Å². The molecule has 0 saturated carbocycles. The molecule has 2 amide bonds. The number of carbonyl (C=O) groups excluding carboxylic acids is 1. The number of halogens is 1. The van der Waals surface area contributed by atoms with Crippen molar-refractivity contribution in [2.45, 2.75) is 6.42 Å². The van der Waals surface area contributed by atoms with Gasteiger partial charge in [-0.3, -0.25) is 0 Å². The van der Waals surface area contributed by atoms with Crippen molar-refractivity contribution in [3.63, 3.8) is 0 Å². The molecule has 0 atom stereocenters. The molecule has 2 N–H and O–H groups in total. The van der Waals surface area contributed by atoms with Gasteiger partial charge in [0.2, 0.25) is 0 Å². The van der Waals surface area contributed by atoms with E-state index in [1.54, 1.807) is 0 Å². The van der Waals surface area contributed by atoms with Crippen molar-refractivity contribution >= 4 is 34.8 Å². The molecule has 8 heavy (non-hydrogen) atoms. The van der Waals surface area contributed by atoms with Crippen LogP contribution in [0.4, 0.5) is 4.79 Å². The molecule has 46 valence electrons. The number of carbonyl (C=O) groups is 1. The summed E-state index contributed by atoms with van der Waals surface area (Å²) in [5, 5.41) is 0. The Morgan fingerprint density at radius 3 is 2.88 bits per heavy atom. The number of rotatable bonds is 2. The number of hydrogen-bond donors (Lipinski definition) is 1. The summed E-state index contributed by atoms with van der Waals surface area (Å²) in [6.45, 7) is 0.